The minimum atomic E-state index is -0.239. The van der Waals surface area contributed by atoms with Crippen molar-refractivity contribution in [2.24, 2.45) is 5.92 Å². The number of Topliss-reactive ketones (excluding diaryl/α,β-unsaturated/α-hetero) is 1. The van der Waals surface area contributed by atoms with E-state index in [1.165, 1.54) is 0 Å². The summed E-state index contributed by atoms with van der Waals surface area (Å²) in [6, 6.07) is -0.239. The number of carbonyl (C=O) groups excluding carboxylic acids is 2. The highest BCUT2D eigenvalue weighted by atomic mass is 16.2. The van der Waals surface area contributed by atoms with Crippen LogP contribution in [0.15, 0.2) is 11.3 Å². The van der Waals surface area contributed by atoms with Gasteiger partial charge in [-0.2, -0.15) is 0 Å². The van der Waals surface area contributed by atoms with Crippen LogP contribution >= 0.6 is 0 Å². The summed E-state index contributed by atoms with van der Waals surface area (Å²) < 4.78 is 0. The van der Waals surface area contributed by atoms with Crippen molar-refractivity contribution in [2.45, 2.75) is 59.9 Å². The van der Waals surface area contributed by atoms with Gasteiger partial charge in [0.05, 0.1) is 0 Å². The van der Waals surface area contributed by atoms with Gasteiger partial charge in [-0.25, -0.2) is 0 Å². The molecule has 0 aromatic rings. The zero-order valence-electron chi connectivity index (χ0n) is 13.5. The van der Waals surface area contributed by atoms with Crippen LogP contribution in [0.3, 0.4) is 0 Å². The number of rotatable bonds is 7. The molecule has 114 valence electrons. The summed E-state index contributed by atoms with van der Waals surface area (Å²) in [7, 11) is 0. The third-order valence-corrected chi connectivity index (χ3v) is 3.98. The average molecular weight is 280 g/mol. The van der Waals surface area contributed by atoms with Crippen LogP contribution in [0.5, 0.6) is 0 Å². The maximum atomic E-state index is 12.6. The molecule has 0 bridgehead atoms. The number of likely N-dealkylation sites (N-methyl/N-ethyl adjacent to an activating group) is 1. The summed E-state index contributed by atoms with van der Waals surface area (Å²) in [5, 5.41) is 3.36. The van der Waals surface area contributed by atoms with Crippen LogP contribution in [0.25, 0.3) is 0 Å². The molecule has 0 aromatic carbocycles. The molecule has 1 N–H and O–H groups in total. The molecule has 0 heterocycles. The largest absolute Gasteiger partial charge is 0.377 e. The van der Waals surface area contributed by atoms with E-state index in [0.29, 0.717) is 0 Å². The maximum Gasteiger partial charge on any atom is 0.245 e. The Morgan fingerprint density at radius 1 is 1.20 bits per heavy atom. The molecule has 0 radical (unpaired) electrons. The van der Waals surface area contributed by atoms with E-state index in [0.717, 1.165) is 43.6 Å². The second kappa shape index (κ2) is 7.46. The van der Waals surface area contributed by atoms with Crippen LogP contribution in [-0.4, -0.2) is 35.7 Å². The third kappa shape index (κ3) is 3.84. The second-order valence-corrected chi connectivity index (χ2v) is 5.74. The van der Waals surface area contributed by atoms with Gasteiger partial charge in [0.25, 0.3) is 0 Å². The Morgan fingerprint density at radius 3 is 2.25 bits per heavy atom. The normalized spacial score (nSPS) is 16.5. The van der Waals surface area contributed by atoms with Crippen molar-refractivity contribution in [3.8, 4) is 0 Å². The van der Waals surface area contributed by atoms with Gasteiger partial charge < -0.3 is 10.2 Å². The third-order valence-electron chi connectivity index (χ3n) is 3.98. The lowest BCUT2D eigenvalue weighted by atomic mass is 10.0. The van der Waals surface area contributed by atoms with Crippen molar-refractivity contribution in [1.82, 2.24) is 10.2 Å². The molecule has 1 aliphatic carbocycles. The minimum Gasteiger partial charge on any atom is -0.377 e. The van der Waals surface area contributed by atoms with Gasteiger partial charge >= 0.3 is 0 Å². The van der Waals surface area contributed by atoms with E-state index in [2.05, 4.69) is 5.32 Å². The first-order chi connectivity index (χ1) is 9.42. The van der Waals surface area contributed by atoms with E-state index in [1.54, 1.807) is 6.92 Å². The number of allylic oxidation sites excluding steroid dienone is 2. The summed E-state index contributed by atoms with van der Waals surface area (Å²) >= 11 is 0. The monoisotopic (exact) mass is 280 g/mol. The Morgan fingerprint density at radius 2 is 1.80 bits per heavy atom. The molecule has 20 heavy (non-hydrogen) atoms. The molecule has 0 aromatic heterocycles. The van der Waals surface area contributed by atoms with Crippen LogP contribution in [0.2, 0.25) is 0 Å². The first-order valence-corrected chi connectivity index (χ1v) is 7.70. The predicted octanol–water partition coefficient (Wildman–Crippen LogP) is 2.50. The number of nitrogens with one attached hydrogen (secondary N) is 1. The lowest BCUT2D eigenvalue weighted by molar-refractivity contribution is -0.134. The molecule has 1 amide bonds. The summed E-state index contributed by atoms with van der Waals surface area (Å²) in [6.45, 7) is 11.1. The van der Waals surface area contributed by atoms with E-state index in [4.69, 9.17) is 0 Å². The highest BCUT2D eigenvalue weighted by molar-refractivity contribution is 5.94. The van der Waals surface area contributed by atoms with Gasteiger partial charge in [-0.3, -0.25) is 9.59 Å². The number of amides is 1. The topological polar surface area (TPSA) is 49.4 Å². The smallest absolute Gasteiger partial charge is 0.245 e. The van der Waals surface area contributed by atoms with Crippen molar-refractivity contribution >= 4 is 11.7 Å². The molecule has 0 aliphatic heterocycles. The first-order valence-electron chi connectivity index (χ1n) is 7.70. The second-order valence-electron chi connectivity index (χ2n) is 5.74. The van der Waals surface area contributed by atoms with Crippen molar-refractivity contribution in [2.75, 3.05) is 13.1 Å². The number of hydrogen-bond acceptors (Lipinski definition) is 3. The molecule has 4 nitrogen and oxygen atoms in total. The molecule has 0 saturated carbocycles. The number of carbonyl (C=O) groups is 2. The first kappa shape index (κ1) is 16.7. The molecule has 0 saturated heterocycles. The average Bonchev–Trinajstić information content (AvgIpc) is 2.85. The lowest BCUT2D eigenvalue weighted by Gasteiger charge is -2.29. The van der Waals surface area contributed by atoms with Gasteiger partial charge in [0, 0.05) is 24.4 Å². The molecule has 1 aliphatic rings. The van der Waals surface area contributed by atoms with Crippen LogP contribution in [-0.2, 0) is 9.59 Å². The number of nitrogens with zero attached hydrogens (tertiary/aromatic N) is 1. The van der Waals surface area contributed by atoms with E-state index in [-0.39, 0.29) is 23.7 Å². The maximum absolute atomic E-state index is 12.6. The molecular weight excluding hydrogens is 252 g/mol. The lowest BCUT2D eigenvalue weighted by Crippen LogP contribution is -2.49. The standard InChI is InChI=1S/C16H28N2O2/c1-6-18(7-2)16(20)15(11(3)4)17-14-10-8-9-13(14)12(5)19/h11,15,17H,6-10H2,1-5H3. The highest BCUT2D eigenvalue weighted by Gasteiger charge is 2.28. The van der Waals surface area contributed by atoms with E-state index < -0.39 is 0 Å². The van der Waals surface area contributed by atoms with Gasteiger partial charge in [-0.15, -0.1) is 0 Å². The number of ketones is 1. The Kier molecular flexibility index (Phi) is 6.24. The molecule has 4 heteroatoms. The summed E-state index contributed by atoms with van der Waals surface area (Å²) in [6.07, 6.45) is 2.72. The zero-order chi connectivity index (χ0) is 15.3. The Labute approximate surface area is 122 Å². The molecule has 0 fully saturated rings. The molecule has 1 rings (SSSR count). The van der Waals surface area contributed by atoms with Crippen molar-refractivity contribution in [1.29, 1.82) is 0 Å². The van der Waals surface area contributed by atoms with Crippen molar-refractivity contribution in [3.63, 3.8) is 0 Å². The Hall–Kier alpha value is -1.32. The fourth-order valence-electron chi connectivity index (χ4n) is 2.72. The summed E-state index contributed by atoms with van der Waals surface area (Å²) in [5.41, 5.74) is 1.86. The van der Waals surface area contributed by atoms with Gasteiger partial charge in [0.15, 0.2) is 5.78 Å². The quantitative estimate of drug-likeness (QED) is 0.779. The molecule has 1 unspecified atom stereocenters. The van der Waals surface area contributed by atoms with E-state index >= 15 is 0 Å². The zero-order valence-corrected chi connectivity index (χ0v) is 13.5. The summed E-state index contributed by atoms with van der Waals surface area (Å²) in [4.78, 5) is 26.0. The minimum absolute atomic E-state index is 0.128. The van der Waals surface area contributed by atoms with E-state index in [9.17, 15) is 9.59 Å². The van der Waals surface area contributed by atoms with Gasteiger partial charge in [-0.1, -0.05) is 13.8 Å². The van der Waals surface area contributed by atoms with Crippen LogP contribution < -0.4 is 5.32 Å². The van der Waals surface area contributed by atoms with Gasteiger partial charge in [0.2, 0.25) is 5.91 Å². The SMILES string of the molecule is CCN(CC)C(=O)C(NC1=C(C(C)=O)CCC1)C(C)C. The summed E-state index contributed by atoms with van der Waals surface area (Å²) in [5.74, 6) is 0.458. The van der Waals surface area contributed by atoms with Gasteiger partial charge in [0.1, 0.15) is 6.04 Å². The van der Waals surface area contributed by atoms with Crippen LogP contribution in [0.1, 0.15) is 53.9 Å². The Bertz CT molecular complexity index is 395. The fraction of sp³-hybridized carbons (Fsp3) is 0.750. The van der Waals surface area contributed by atoms with Crippen LogP contribution in [0, 0.1) is 5.92 Å². The van der Waals surface area contributed by atoms with Crippen molar-refractivity contribution < 1.29 is 9.59 Å². The molecular formula is C16H28N2O2. The fourth-order valence-corrected chi connectivity index (χ4v) is 2.72. The van der Waals surface area contributed by atoms with Crippen LogP contribution in [0.4, 0.5) is 0 Å². The predicted molar refractivity (Wildman–Crippen MR) is 81.2 cm³/mol. The number of hydrogen-bond donors (Lipinski definition) is 1. The van der Waals surface area contributed by atoms with Gasteiger partial charge in [-0.05, 0) is 46.0 Å². The highest BCUT2D eigenvalue weighted by Crippen LogP contribution is 2.26. The van der Waals surface area contributed by atoms with E-state index in [1.807, 2.05) is 32.6 Å². The molecule has 1 atom stereocenters. The van der Waals surface area contributed by atoms with Crippen molar-refractivity contribution in [3.05, 3.63) is 11.3 Å². The molecule has 0 spiro atoms. The Balaban J connectivity index is 2.90.